The average molecular weight is 481 g/mol. The van der Waals surface area contributed by atoms with Crippen LogP contribution >= 0.6 is 35.3 Å². The van der Waals surface area contributed by atoms with E-state index in [-0.39, 0.29) is 24.0 Å². The lowest BCUT2D eigenvalue weighted by Gasteiger charge is -2.15. The third kappa shape index (κ3) is 7.15. The molecule has 138 valence electrons. The molecule has 0 saturated heterocycles. The Hall–Kier alpha value is -1.42. The van der Waals surface area contributed by atoms with E-state index in [0.29, 0.717) is 30.8 Å². The average Bonchev–Trinajstić information content (AvgIpc) is 3.11. The second-order valence-electron chi connectivity index (χ2n) is 5.26. The lowest BCUT2D eigenvalue weighted by atomic mass is 10.1. The van der Waals surface area contributed by atoms with E-state index in [1.54, 1.807) is 18.4 Å². The molecule has 1 heterocycles. The number of nitrogens with zero attached hydrogens (tertiary/aromatic N) is 1. The van der Waals surface area contributed by atoms with Crippen molar-refractivity contribution >= 4 is 41.3 Å². The minimum Gasteiger partial charge on any atom is -0.492 e. The first-order valence-corrected chi connectivity index (χ1v) is 8.59. The van der Waals surface area contributed by atoms with Gasteiger partial charge >= 0.3 is 0 Å². The van der Waals surface area contributed by atoms with Crippen molar-refractivity contribution in [1.29, 1.82) is 0 Å². The van der Waals surface area contributed by atoms with Gasteiger partial charge in [-0.3, -0.25) is 4.99 Å². The zero-order chi connectivity index (χ0) is 17.4. The molecule has 0 aliphatic rings. The van der Waals surface area contributed by atoms with Gasteiger partial charge in [0, 0.05) is 19.7 Å². The van der Waals surface area contributed by atoms with Gasteiger partial charge in [-0.1, -0.05) is 6.92 Å². The first kappa shape index (κ1) is 21.6. The first-order valence-electron chi connectivity index (χ1n) is 7.64. The number of halogens is 3. The third-order valence-corrected chi connectivity index (χ3v) is 4.17. The predicted molar refractivity (Wildman–Crippen MR) is 109 cm³/mol. The van der Waals surface area contributed by atoms with Gasteiger partial charge in [-0.15, -0.1) is 24.0 Å². The van der Waals surface area contributed by atoms with E-state index in [4.69, 9.17) is 4.74 Å². The van der Waals surface area contributed by atoms with Gasteiger partial charge in [0.15, 0.2) is 17.6 Å². The SMILES string of the molecule is CN=C(NCCOc1ccc(F)c(F)c1)NCC(C)c1ccsc1.I. The van der Waals surface area contributed by atoms with Crippen molar-refractivity contribution in [2.75, 3.05) is 26.7 Å². The maximum atomic E-state index is 13.1. The van der Waals surface area contributed by atoms with Crippen LogP contribution in [-0.2, 0) is 0 Å². The minimum absolute atomic E-state index is 0. The van der Waals surface area contributed by atoms with E-state index in [1.807, 2.05) is 0 Å². The summed E-state index contributed by atoms with van der Waals surface area (Å²) < 4.78 is 31.3. The highest BCUT2D eigenvalue weighted by atomic mass is 127. The second kappa shape index (κ2) is 11.2. The lowest BCUT2D eigenvalue weighted by Crippen LogP contribution is -2.40. The molecule has 0 bridgehead atoms. The number of thiophene rings is 1. The van der Waals surface area contributed by atoms with Crippen molar-refractivity contribution < 1.29 is 13.5 Å². The van der Waals surface area contributed by atoms with E-state index >= 15 is 0 Å². The number of guanidine groups is 1. The van der Waals surface area contributed by atoms with Gasteiger partial charge in [0.05, 0.1) is 6.54 Å². The summed E-state index contributed by atoms with van der Waals surface area (Å²) in [5.41, 5.74) is 1.30. The van der Waals surface area contributed by atoms with Crippen molar-refractivity contribution in [3.05, 3.63) is 52.2 Å². The monoisotopic (exact) mass is 481 g/mol. The normalized spacial score (nSPS) is 12.2. The van der Waals surface area contributed by atoms with E-state index in [1.165, 1.54) is 11.6 Å². The fraction of sp³-hybridized carbons (Fsp3) is 0.353. The van der Waals surface area contributed by atoms with Crippen LogP contribution in [0.4, 0.5) is 8.78 Å². The summed E-state index contributed by atoms with van der Waals surface area (Å²) in [4.78, 5) is 4.14. The van der Waals surface area contributed by atoms with Crippen LogP contribution in [0.15, 0.2) is 40.0 Å². The van der Waals surface area contributed by atoms with E-state index in [0.717, 1.165) is 18.7 Å². The number of nitrogens with one attached hydrogen (secondary N) is 2. The largest absolute Gasteiger partial charge is 0.492 e. The van der Waals surface area contributed by atoms with Crippen LogP contribution < -0.4 is 15.4 Å². The Labute approximate surface area is 167 Å². The van der Waals surface area contributed by atoms with Gasteiger partial charge in [-0.05, 0) is 40.4 Å². The molecule has 1 aromatic heterocycles. The fourth-order valence-electron chi connectivity index (χ4n) is 2.05. The van der Waals surface area contributed by atoms with Gasteiger partial charge in [-0.2, -0.15) is 11.3 Å². The summed E-state index contributed by atoms with van der Waals surface area (Å²) >= 11 is 1.68. The van der Waals surface area contributed by atoms with Crippen molar-refractivity contribution in [3.8, 4) is 5.75 Å². The molecule has 0 saturated carbocycles. The molecule has 25 heavy (non-hydrogen) atoms. The summed E-state index contributed by atoms with van der Waals surface area (Å²) in [6.07, 6.45) is 0. The van der Waals surface area contributed by atoms with Crippen LogP contribution in [0, 0.1) is 11.6 Å². The summed E-state index contributed by atoms with van der Waals surface area (Å²) in [6, 6.07) is 5.59. The number of aliphatic imine (C=N–C) groups is 1. The Morgan fingerprint density at radius 2 is 2.04 bits per heavy atom. The highest BCUT2D eigenvalue weighted by molar-refractivity contribution is 14.0. The first-order chi connectivity index (χ1) is 11.6. The number of benzene rings is 1. The smallest absolute Gasteiger partial charge is 0.191 e. The Kier molecular flexibility index (Phi) is 9.73. The molecule has 8 heteroatoms. The fourth-order valence-corrected chi connectivity index (χ4v) is 2.83. The van der Waals surface area contributed by atoms with Crippen LogP contribution in [0.1, 0.15) is 18.4 Å². The Morgan fingerprint density at radius 3 is 2.68 bits per heavy atom. The Balaban J connectivity index is 0.00000312. The number of hydrogen-bond donors (Lipinski definition) is 2. The van der Waals surface area contributed by atoms with Gasteiger partial charge < -0.3 is 15.4 Å². The van der Waals surface area contributed by atoms with E-state index in [2.05, 4.69) is 39.4 Å². The minimum atomic E-state index is -0.916. The number of hydrogen-bond acceptors (Lipinski definition) is 3. The van der Waals surface area contributed by atoms with Gasteiger partial charge in [0.2, 0.25) is 0 Å². The van der Waals surface area contributed by atoms with Crippen LogP contribution in [0.5, 0.6) is 5.75 Å². The Morgan fingerprint density at radius 1 is 1.24 bits per heavy atom. The number of ether oxygens (including phenoxy) is 1. The quantitative estimate of drug-likeness (QED) is 0.272. The molecule has 0 fully saturated rings. The summed E-state index contributed by atoms with van der Waals surface area (Å²) in [5, 5.41) is 10.6. The van der Waals surface area contributed by atoms with Crippen LogP contribution in [0.2, 0.25) is 0 Å². The highest BCUT2D eigenvalue weighted by Crippen LogP contribution is 2.17. The molecular weight excluding hydrogens is 459 g/mol. The van der Waals surface area contributed by atoms with Gasteiger partial charge in [-0.25, -0.2) is 8.78 Å². The molecule has 1 unspecified atom stereocenters. The summed E-state index contributed by atoms with van der Waals surface area (Å²) in [6.45, 7) is 3.71. The molecule has 0 amide bonds. The molecule has 0 spiro atoms. The summed E-state index contributed by atoms with van der Waals surface area (Å²) in [5.74, 6) is -0.450. The van der Waals surface area contributed by atoms with Crippen molar-refractivity contribution in [2.24, 2.45) is 4.99 Å². The molecule has 2 rings (SSSR count). The van der Waals surface area contributed by atoms with Gasteiger partial charge in [0.25, 0.3) is 0 Å². The van der Waals surface area contributed by atoms with Crippen LogP contribution in [0.25, 0.3) is 0 Å². The highest BCUT2D eigenvalue weighted by Gasteiger charge is 2.07. The van der Waals surface area contributed by atoms with Crippen molar-refractivity contribution in [3.63, 3.8) is 0 Å². The van der Waals surface area contributed by atoms with E-state index < -0.39 is 11.6 Å². The Bertz CT molecular complexity index is 668. The number of rotatable bonds is 7. The van der Waals surface area contributed by atoms with Crippen LogP contribution in [0.3, 0.4) is 0 Å². The van der Waals surface area contributed by atoms with Crippen LogP contribution in [-0.4, -0.2) is 32.7 Å². The van der Waals surface area contributed by atoms with Gasteiger partial charge in [0.1, 0.15) is 12.4 Å². The zero-order valence-electron chi connectivity index (χ0n) is 14.1. The maximum Gasteiger partial charge on any atom is 0.191 e. The molecule has 0 aliphatic heterocycles. The molecule has 1 atom stereocenters. The molecule has 2 aromatic rings. The van der Waals surface area contributed by atoms with E-state index in [9.17, 15) is 8.78 Å². The molecule has 0 radical (unpaired) electrons. The third-order valence-electron chi connectivity index (χ3n) is 3.47. The summed E-state index contributed by atoms with van der Waals surface area (Å²) in [7, 11) is 1.70. The van der Waals surface area contributed by atoms with Crippen molar-refractivity contribution in [2.45, 2.75) is 12.8 Å². The molecular formula is C17H22F2IN3OS. The predicted octanol–water partition coefficient (Wildman–Crippen LogP) is 3.99. The lowest BCUT2D eigenvalue weighted by molar-refractivity contribution is 0.318. The second-order valence-corrected chi connectivity index (χ2v) is 6.04. The molecule has 0 aliphatic carbocycles. The topological polar surface area (TPSA) is 45.7 Å². The molecule has 4 nitrogen and oxygen atoms in total. The standard InChI is InChI=1S/C17H21F2N3OS.HI/c1-12(13-5-8-24-11-13)10-22-17(20-2)21-6-7-23-14-3-4-15(18)16(19)9-14;/h3-5,8-9,11-12H,6-7,10H2,1-2H3,(H2,20,21,22);1H. The molecule has 1 aromatic carbocycles. The molecule has 2 N–H and O–H groups in total. The maximum absolute atomic E-state index is 13.1. The van der Waals surface area contributed by atoms with Crippen molar-refractivity contribution in [1.82, 2.24) is 10.6 Å². The zero-order valence-corrected chi connectivity index (χ0v) is 17.2.